The summed E-state index contributed by atoms with van der Waals surface area (Å²) >= 11 is 0. The lowest BCUT2D eigenvalue weighted by molar-refractivity contribution is 0.0320. The summed E-state index contributed by atoms with van der Waals surface area (Å²) in [4.78, 5) is 19.9. The van der Waals surface area contributed by atoms with E-state index in [2.05, 4.69) is 25.6 Å². The summed E-state index contributed by atoms with van der Waals surface area (Å²) in [5.41, 5.74) is 2.73. The molecule has 31 heavy (non-hydrogen) atoms. The Bertz CT molecular complexity index is 955. The Hall–Kier alpha value is -2.98. The number of anilines is 1. The highest BCUT2D eigenvalue weighted by molar-refractivity contribution is 6.14. The van der Waals surface area contributed by atoms with Crippen LogP contribution in [0.5, 0.6) is 5.75 Å². The van der Waals surface area contributed by atoms with Gasteiger partial charge in [-0.15, -0.1) is 0 Å². The van der Waals surface area contributed by atoms with E-state index in [1.54, 1.807) is 6.07 Å². The number of aromatic amines is 1. The highest BCUT2D eigenvalue weighted by Crippen LogP contribution is 2.25. The molecule has 1 fully saturated rings. The van der Waals surface area contributed by atoms with Crippen molar-refractivity contribution in [1.82, 2.24) is 15.1 Å². The Morgan fingerprint density at radius 2 is 2.19 bits per heavy atom. The van der Waals surface area contributed by atoms with Gasteiger partial charge in [0, 0.05) is 37.1 Å². The normalized spacial score (nSPS) is 17.9. The zero-order chi connectivity index (χ0) is 21.6. The molecule has 9 nitrogen and oxygen atoms in total. The van der Waals surface area contributed by atoms with Crippen molar-refractivity contribution in [2.45, 2.75) is 19.3 Å². The van der Waals surface area contributed by atoms with E-state index in [9.17, 15) is 9.18 Å². The van der Waals surface area contributed by atoms with Crippen LogP contribution in [0.3, 0.4) is 0 Å². The third-order valence-corrected chi connectivity index (χ3v) is 5.35. The summed E-state index contributed by atoms with van der Waals surface area (Å²) in [6, 6.07) is 4.36. The number of aryl methyl sites for hydroxylation is 1. The van der Waals surface area contributed by atoms with Gasteiger partial charge in [0.1, 0.15) is 13.7 Å². The molecule has 1 amide bonds. The summed E-state index contributed by atoms with van der Waals surface area (Å²) < 4.78 is 25.4. The van der Waals surface area contributed by atoms with E-state index in [0.717, 1.165) is 31.6 Å². The van der Waals surface area contributed by atoms with Crippen LogP contribution in [0.4, 0.5) is 10.1 Å². The predicted octanol–water partition coefficient (Wildman–Crippen LogP) is 2.20. The first-order valence-electron chi connectivity index (χ1n) is 10.4. The summed E-state index contributed by atoms with van der Waals surface area (Å²) in [5.74, 6) is -0.827. The zero-order valence-electron chi connectivity index (χ0n) is 17.4. The van der Waals surface area contributed by atoms with Crippen molar-refractivity contribution in [3.8, 4) is 5.75 Å². The average molecular weight is 431 g/mol. The molecule has 0 unspecified atom stereocenters. The number of carbonyl (C=O) groups is 1. The van der Waals surface area contributed by atoms with Crippen molar-refractivity contribution in [2.75, 3.05) is 51.9 Å². The highest BCUT2D eigenvalue weighted by atomic mass is 19.1. The monoisotopic (exact) mass is 431 g/mol. The second kappa shape index (κ2) is 9.88. The van der Waals surface area contributed by atoms with Crippen LogP contribution in [-0.4, -0.2) is 73.3 Å². The van der Waals surface area contributed by atoms with E-state index in [1.165, 1.54) is 19.2 Å². The van der Waals surface area contributed by atoms with Gasteiger partial charge in [-0.25, -0.2) is 4.39 Å². The van der Waals surface area contributed by atoms with E-state index < -0.39 is 11.7 Å². The fraction of sp³-hybridized carbons (Fsp3) is 0.476. The van der Waals surface area contributed by atoms with Gasteiger partial charge in [0.2, 0.25) is 0 Å². The van der Waals surface area contributed by atoms with Crippen molar-refractivity contribution >= 4 is 17.3 Å². The number of H-pyrrole nitrogens is 1. The second-order valence-corrected chi connectivity index (χ2v) is 7.40. The second-order valence-electron chi connectivity index (χ2n) is 7.40. The smallest absolute Gasteiger partial charge is 0.276 e. The third kappa shape index (κ3) is 5.02. The molecule has 1 aromatic heterocycles. The van der Waals surface area contributed by atoms with Crippen LogP contribution in [0, 0.1) is 5.82 Å². The van der Waals surface area contributed by atoms with Crippen molar-refractivity contribution in [2.24, 2.45) is 5.16 Å². The molecule has 2 N–H and O–H groups in total. The highest BCUT2D eigenvalue weighted by Gasteiger charge is 2.27. The van der Waals surface area contributed by atoms with Gasteiger partial charge in [-0.3, -0.25) is 14.8 Å². The Kier molecular flexibility index (Phi) is 6.78. The molecule has 0 bridgehead atoms. The number of halogens is 1. The number of hydrogen-bond acceptors (Lipinski definition) is 7. The molecule has 1 aliphatic heterocycles. The molecule has 1 saturated heterocycles. The van der Waals surface area contributed by atoms with Crippen molar-refractivity contribution in [3.05, 3.63) is 41.0 Å². The van der Waals surface area contributed by atoms with Gasteiger partial charge in [-0.2, -0.15) is 5.10 Å². The number of fused-ring (bicyclic) bond motifs is 1. The zero-order valence-corrected chi connectivity index (χ0v) is 17.4. The van der Waals surface area contributed by atoms with Crippen LogP contribution >= 0.6 is 0 Å². The van der Waals surface area contributed by atoms with Gasteiger partial charge in [-0.05, 0) is 31.4 Å². The standard InChI is InChI=1S/C21H26FN5O4/c1-29-26-17-4-2-3-16-19(17)20(25-24-16)21(28)23-14-5-6-18(15(22)13-14)31-12-9-27-7-10-30-11-8-27/h5-6,13H,2-4,7-12H2,1H3,(H,23,28)(H,24,25)/b26-17+. The first kappa shape index (κ1) is 21.3. The summed E-state index contributed by atoms with van der Waals surface area (Å²) in [7, 11) is 1.47. The maximum absolute atomic E-state index is 14.5. The molecule has 2 heterocycles. The Morgan fingerprint density at radius 3 is 2.97 bits per heavy atom. The van der Waals surface area contributed by atoms with Crippen LogP contribution in [0.15, 0.2) is 23.4 Å². The summed E-state index contributed by atoms with van der Waals surface area (Å²) in [5, 5.41) is 13.8. The molecule has 10 heteroatoms. The van der Waals surface area contributed by atoms with Gasteiger partial charge >= 0.3 is 0 Å². The van der Waals surface area contributed by atoms with E-state index in [-0.39, 0.29) is 11.4 Å². The molecular weight excluding hydrogens is 405 g/mol. The lowest BCUT2D eigenvalue weighted by Crippen LogP contribution is -2.38. The SMILES string of the molecule is CO/N=C1\CCCc2[nH]nc(C(=O)Nc3ccc(OCCN4CCOCC4)c(F)c3)c21. The lowest BCUT2D eigenvalue weighted by Gasteiger charge is -2.26. The number of hydrogen-bond donors (Lipinski definition) is 2. The third-order valence-electron chi connectivity index (χ3n) is 5.35. The minimum atomic E-state index is -0.537. The number of nitrogens with zero attached hydrogens (tertiary/aromatic N) is 3. The maximum atomic E-state index is 14.5. The molecular formula is C21H26FN5O4. The Labute approximate surface area is 179 Å². The Balaban J connectivity index is 1.39. The van der Waals surface area contributed by atoms with Gasteiger partial charge in [-0.1, -0.05) is 5.16 Å². The topological polar surface area (TPSA) is 101 Å². The van der Waals surface area contributed by atoms with E-state index in [0.29, 0.717) is 49.7 Å². The Morgan fingerprint density at radius 1 is 1.35 bits per heavy atom. The van der Waals surface area contributed by atoms with Crippen LogP contribution in [0.1, 0.15) is 34.6 Å². The molecule has 0 radical (unpaired) electrons. The number of carbonyl (C=O) groups excluding carboxylic acids is 1. The number of oxime groups is 1. The van der Waals surface area contributed by atoms with Crippen LogP contribution in [0.2, 0.25) is 0 Å². The fourth-order valence-corrected chi connectivity index (χ4v) is 3.79. The summed E-state index contributed by atoms with van der Waals surface area (Å²) in [6.45, 7) is 4.21. The van der Waals surface area contributed by atoms with Gasteiger partial charge < -0.3 is 19.6 Å². The summed E-state index contributed by atoms with van der Waals surface area (Å²) in [6.07, 6.45) is 2.38. The number of nitrogens with one attached hydrogen (secondary N) is 2. The van der Waals surface area contributed by atoms with Gasteiger partial charge in [0.15, 0.2) is 17.3 Å². The van der Waals surface area contributed by atoms with Gasteiger partial charge in [0.05, 0.1) is 24.5 Å². The molecule has 1 aromatic carbocycles. The van der Waals surface area contributed by atoms with Crippen LogP contribution in [-0.2, 0) is 16.0 Å². The molecule has 1 aliphatic carbocycles. The quantitative estimate of drug-likeness (QED) is 0.652. The first-order valence-corrected chi connectivity index (χ1v) is 10.4. The van der Waals surface area contributed by atoms with E-state index in [4.69, 9.17) is 14.3 Å². The molecule has 0 atom stereocenters. The lowest BCUT2D eigenvalue weighted by atomic mass is 9.93. The number of ether oxygens (including phenoxy) is 2. The number of aromatic nitrogens is 2. The van der Waals surface area contributed by atoms with Crippen LogP contribution < -0.4 is 10.1 Å². The van der Waals surface area contributed by atoms with Crippen LogP contribution in [0.25, 0.3) is 0 Å². The molecule has 0 spiro atoms. The predicted molar refractivity (Wildman–Crippen MR) is 112 cm³/mol. The van der Waals surface area contributed by atoms with E-state index >= 15 is 0 Å². The van der Waals surface area contributed by atoms with E-state index in [1.807, 2.05) is 0 Å². The van der Waals surface area contributed by atoms with Gasteiger partial charge in [0.25, 0.3) is 5.91 Å². The maximum Gasteiger partial charge on any atom is 0.276 e. The minimum Gasteiger partial charge on any atom is -0.489 e. The molecule has 2 aromatic rings. The van der Waals surface area contributed by atoms with Crippen molar-refractivity contribution < 1.29 is 23.5 Å². The fourth-order valence-electron chi connectivity index (χ4n) is 3.79. The first-order chi connectivity index (χ1) is 15.2. The molecule has 4 rings (SSSR count). The molecule has 0 saturated carbocycles. The number of morpholine rings is 1. The number of rotatable bonds is 7. The van der Waals surface area contributed by atoms with Crippen molar-refractivity contribution in [1.29, 1.82) is 0 Å². The van der Waals surface area contributed by atoms with Crippen molar-refractivity contribution in [3.63, 3.8) is 0 Å². The average Bonchev–Trinajstić information content (AvgIpc) is 3.22. The minimum absolute atomic E-state index is 0.151. The largest absolute Gasteiger partial charge is 0.489 e. The number of benzene rings is 1. The number of amides is 1. The molecule has 166 valence electrons. The molecule has 2 aliphatic rings.